The van der Waals surface area contributed by atoms with E-state index in [1.807, 2.05) is 6.07 Å². The molecular weight excluding hydrogens is 318 g/mol. The summed E-state index contributed by atoms with van der Waals surface area (Å²) < 4.78 is 17.3. The number of Topliss-reactive ketones (excluding diaryl/α,β-unsaturated/α-hetero) is 1. The highest BCUT2D eigenvalue weighted by Crippen LogP contribution is 2.39. The molecule has 130 valence electrons. The molecule has 1 aromatic heterocycles. The third kappa shape index (κ3) is 2.68. The number of carbonyl (C=O) groups is 1. The predicted octanol–water partition coefficient (Wildman–Crippen LogP) is 2.60. The van der Waals surface area contributed by atoms with Gasteiger partial charge in [0.1, 0.15) is 29.5 Å². The molecule has 1 fully saturated rings. The number of aryl methyl sites for hydroxylation is 1. The van der Waals surface area contributed by atoms with Crippen molar-refractivity contribution in [1.29, 1.82) is 0 Å². The number of ketones is 1. The van der Waals surface area contributed by atoms with E-state index in [0.29, 0.717) is 31.7 Å². The summed E-state index contributed by atoms with van der Waals surface area (Å²) in [5.41, 5.74) is 4.34. The van der Waals surface area contributed by atoms with E-state index < -0.39 is 0 Å². The van der Waals surface area contributed by atoms with Gasteiger partial charge in [0, 0.05) is 61.5 Å². The van der Waals surface area contributed by atoms with Crippen LogP contribution in [0.4, 0.5) is 0 Å². The van der Waals surface area contributed by atoms with Crippen LogP contribution in [-0.2, 0) is 22.4 Å². The second-order valence-corrected chi connectivity index (χ2v) is 6.99. The lowest BCUT2D eigenvalue weighted by molar-refractivity contribution is -0.118. The van der Waals surface area contributed by atoms with E-state index in [1.54, 1.807) is 0 Å². The summed E-state index contributed by atoms with van der Waals surface area (Å²) in [4.78, 5) is 14.3. The molecule has 5 nitrogen and oxygen atoms in total. The van der Waals surface area contributed by atoms with E-state index in [9.17, 15) is 4.79 Å². The minimum atomic E-state index is 0.299. The van der Waals surface area contributed by atoms with Crippen molar-refractivity contribution in [3.05, 3.63) is 35.1 Å². The van der Waals surface area contributed by atoms with Crippen molar-refractivity contribution in [2.75, 3.05) is 39.5 Å². The van der Waals surface area contributed by atoms with Crippen LogP contribution in [0.3, 0.4) is 0 Å². The summed E-state index contributed by atoms with van der Waals surface area (Å²) in [5, 5.41) is 1.07. The SMILES string of the molecule is O=C1CCc2oc3cc4c(cc3c2C1)C(CN1CCOCC1)=CCO4. The van der Waals surface area contributed by atoms with Crippen molar-refractivity contribution >= 4 is 22.3 Å². The fourth-order valence-corrected chi connectivity index (χ4v) is 4.02. The van der Waals surface area contributed by atoms with Crippen molar-refractivity contribution < 1.29 is 18.7 Å². The average molecular weight is 339 g/mol. The molecule has 0 atom stereocenters. The monoisotopic (exact) mass is 339 g/mol. The molecule has 2 aliphatic heterocycles. The van der Waals surface area contributed by atoms with E-state index in [2.05, 4.69) is 17.0 Å². The molecule has 3 heterocycles. The van der Waals surface area contributed by atoms with Gasteiger partial charge in [-0.15, -0.1) is 0 Å². The highest BCUT2D eigenvalue weighted by molar-refractivity contribution is 5.94. The van der Waals surface area contributed by atoms with Crippen LogP contribution >= 0.6 is 0 Å². The maximum Gasteiger partial charge on any atom is 0.138 e. The third-order valence-corrected chi connectivity index (χ3v) is 5.39. The molecule has 0 bridgehead atoms. The second-order valence-electron chi connectivity index (χ2n) is 6.99. The predicted molar refractivity (Wildman–Crippen MR) is 94.0 cm³/mol. The summed E-state index contributed by atoms with van der Waals surface area (Å²) in [5.74, 6) is 2.15. The number of fused-ring (bicyclic) bond motifs is 4. The molecule has 0 radical (unpaired) electrons. The normalized spacial score (nSPS) is 20.8. The van der Waals surface area contributed by atoms with Crippen molar-refractivity contribution in [3.63, 3.8) is 0 Å². The van der Waals surface area contributed by atoms with Crippen LogP contribution in [0.25, 0.3) is 16.5 Å². The molecule has 0 spiro atoms. The van der Waals surface area contributed by atoms with E-state index in [-0.39, 0.29) is 0 Å². The molecule has 1 aliphatic carbocycles. The Balaban J connectivity index is 1.54. The van der Waals surface area contributed by atoms with Gasteiger partial charge in [-0.25, -0.2) is 0 Å². The number of benzene rings is 1. The van der Waals surface area contributed by atoms with E-state index in [0.717, 1.165) is 66.5 Å². The first-order chi connectivity index (χ1) is 12.3. The Labute approximate surface area is 146 Å². The van der Waals surface area contributed by atoms with Crippen LogP contribution in [0.2, 0.25) is 0 Å². The Kier molecular flexibility index (Phi) is 3.64. The van der Waals surface area contributed by atoms with Gasteiger partial charge >= 0.3 is 0 Å². The van der Waals surface area contributed by atoms with Gasteiger partial charge in [-0.2, -0.15) is 0 Å². The largest absolute Gasteiger partial charge is 0.489 e. The Bertz CT molecular complexity index is 873. The fraction of sp³-hybridized carbons (Fsp3) is 0.450. The highest BCUT2D eigenvalue weighted by atomic mass is 16.5. The van der Waals surface area contributed by atoms with Gasteiger partial charge < -0.3 is 13.9 Å². The summed E-state index contributed by atoms with van der Waals surface area (Å²) in [6.45, 7) is 5.03. The minimum Gasteiger partial charge on any atom is -0.489 e. The summed E-state index contributed by atoms with van der Waals surface area (Å²) in [7, 11) is 0. The van der Waals surface area contributed by atoms with Crippen LogP contribution < -0.4 is 4.74 Å². The fourth-order valence-electron chi connectivity index (χ4n) is 4.02. The van der Waals surface area contributed by atoms with E-state index in [4.69, 9.17) is 13.9 Å². The first-order valence-electron chi connectivity index (χ1n) is 9.00. The third-order valence-electron chi connectivity index (χ3n) is 5.39. The van der Waals surface area contributed by atoms with Crippen LogP contribution in [0, 0.1) is 0 Å². The lowest BCUT2D eigenvalue weighted by Crippen LogP contribution is -2.37. The van der Waals surface area contributed by atoms with Gasteiger partial charge in [-0.05, 0) is 17.7 Å². The maximum atomic E-state index is 11.9. The van der Waals surface area contributed by atoms with Crippen LogP contribution in [0.5, 0.6) is 5.75 Å². The molecule has 2 aromatic rings. The standard InChI is InChI=1S/C20H21NO4/c22-14-1-2-18-16(9-14)17-10-15-13(12-21-4-7-23-8-5-21)3-6-24-19(15)11-20(17)25-18/h3,10-11H,1-2,4-9,12H2. The zero-order chi connectivity index (χ0) is 16.8. The summed E-state index contributed by atoms with van der Waals surface area (Å²) in [6, 6.07) is 4.16. The number of hydrogen-bond acceptors (Lipinski definition) is 5. The van der Waals surface area contributed by atoms with Crippen LogP contribution in [0.15, 0.2) is 22.6 Å². The Hall–Kier alpha value is -2.11. The van der Waals surface area contributed by atoms with Crippen LogP contribution in [-0.4, -0.2) is 50.1 Å². The van der Waals surface area contributed by atoms with Gasteiger partial charge in [0.05, 0.1) is 13.2 Å². The Morgan fingerprint density at radius 1 is 1.12 bits per heavy atom. The number of nitrogens with zero attached hydrogens (tertiary/aromatic N) is 1. The first kappa shape index (κ1) is 15.2. The number of ether oxygens (including phenoxy) is 2. The van der Waals surface area contributed by atoms with Gasteiger partial charge in [-0.1, -0.05) is 0 Å². The topological polar surface area (TPSA) is 51.9 Å². The lowest BCUT2D eigenvalue weighted by atomic mass is 9.92. The smallest absolute Gasteiger partial charge is 0.138 e. The van der Waals surface area contributed by atoms with Crippen molar-refractivity contribution in [2.45, 2.75) is 19.3 Å². The highest BCUT2D eigenvalue weighted by Gasteiger charge is 2.25. The zero-order valence-electron chi connectivity index (χ0n) is 14.2. The molecule has 1 saturated heterocycles. The molecule has 0 amide bonds. The second kappa shape index (κ2) is 6.00. The number of furan rings is 1. The molecule has 25 heavy (non-hydrogen) atoms. The molecule has 0 N–H and O–H groups in total. The van der Waals surface area contributed by atoms with E-state index >= 15 is 0 Å². The molecule has 3 aliphatic rings. The van der Waals surface area contributed by atoms with Gasteiger partial charge in [0.15, 0.2) is 0 Å². The molecule has 5 heteroatoms. The molecule has 5 rings (SSSR count). The maximum absolute atomic E-state index is 11.9. The molecule has 0 unspecified atom stereocenters. The summed E-state index contributed by atoms with van der Waals surface area (Å²) >= 11 is 0. The minimum absolute atomic E-state index is 0.299. The van der Waals surface area contributed by atoms with Crippen molar-refractivity contribution in [2.24, 2.45) is 0 Å². The van der Waals surface area contributed by atoms with Gasteiger partial charge in [-0.3, -0.25) is 9.69 Å². The van der Waals surface area contributed by atoms with Crippen molar-refractivity contribution in [3.8, 4) is 5.75 Å². The Morgan fingerprint density at radius 2 is 2.00 bits per heavy atom. The van der Waals surface area contributed by atoms with Gasteiger partial charge in [0.2, 0.25) is 0 Å². The quantitative estimate of drug-likeness (QED) is 0.842. The first-order valence-corrected chi connectivity index (χ1v) is 9.00. The van der Waals surface area contributed by atoms with Crippen molar-refractivity contribution in [1.82, 2.24) is 4.90 Å². The number of hydrogen-bond donors (Lipinski definition) is 0. The number of carbonyl (C=O) groups excluding carboxylic acids is 1. The summed E-state index contributed by atoms with van der Waals surface area (Å²) in [6.07, 6.45) is 3.96. The average Bonchev–Trinajstić information content (AvgIpc) is 2.98. The van der Waals surface area contributed by atoms with Crippen LogP contribution in [0.1, 0.15) is 23.3 Å². The molecule has 1 aromatic carbocycles. The number of morpholine rings is 1. The zero-order valence-corrected chi connectivity index (χ0v) is 14.2. The number of rotatable bonds is 2. The lowest BCUT2D eigenvalue weighted by Gasteiger charge is -2.29. The molecule has 0 saturated carbocycles. The van der Waals surface area contributed by atoms with E-state index in [1.165, 1.54) is 5.57 Å². The molecular formula is C20H21NO4. The van der Waals surface area contributed by atoms with Gasteiger partial charge in [0.25, 0.3) is 0 Å². The Morgan fingerprint density at radius 3 is 2.88 bits per heavy atom.